The van der Waals surface area contributed by atoms with Crippen molar-refractivity contribution in [3.8, 4) is 0 Å². The molecule has 2 aliphatic rings. The summed E-state index contributed by atoms with van der Waals surface area (Å²) in [7, 11) is 0. The third-order valence-corrected chi connectivity index (χ3v) is 7.26. The van der Waals surface area contributed by atoms with E-state index in [9.17, 15) is 4.79 Å². The molecule has 0 bridgehead atoms. The molecule has 5 rings (SSSR count). The van der Waals surface area contributed by atoms with Gasteiger partial charge in [0.1, 0.15) is 5.65 Å². The number of hydrogen-bond donors (Lipinski definition) is 1. The van der Waals surface area contributed by atoms with Crippen molar-refractivity contribution in [1.29, 1.82) is 0 Å². The van der Waals surface area contributed by atoms with E-state index in [0.717, 1.165) is 16.7 Å². The zero-order valence-electron chi connectivity index (χ0n) is 18.2. The van der Waals surface area contributed by atoms with Gasteiger partial charge in [-0.15, -0.1) is 0 Å². The minimum atomic E-state index is 0.0815. The highest BCUT2D eigenvalue weighted by molar-refractivity contribution is 5.75. The molecule has 0 saturated heterocycles. The van der Waals surface area contributed by atoms with Gasteiger partial charge >= 0.3 is 0 Å². The van der Waals surface area contributed by atoms with Crippen LogP contribution < -0.4 is 10.9 Å². The van der Waals surface area contributed by atoms with E-state index in [-0.39, 0.29) is 11.6 Å². The first kappa shape index (κ1) is 20.2. The molecule has 0 aliphatic heterocycles. The summed E-state index contributed by atoms with van der Waals surface area (Å²) in [5, 5.41) is 4.24. The number of aromatic nitrogens is 3. The van der Waals surface area contributed by atoms with E-state index in [1.165, 1.54) is 64.2 Å². The molecule has 162 valence electrons. The molecule has 2 saturated carbocycles. The lowest BCUT2D eigenvalue weighted by atomic mass is 9.73. The van der Waals surface area contributed by atoms with Crippen molar-refractivity contribution >= 4 is 22.7 Å². The van der Waals surface area contributed by atoms with Gasteiger partial charge in [0, 0.05) is 29.4 Å². The van der Waals surface area contributed by atoms with Crippen LogP contribution in [0.1, 0.15) is 70.3 Å². The monoisotopic (exact) mass is 416 g/mol. The number of anilines is 2. The number of nitrogens with one attached hydrogen (secondary N) is 1. The van der Waals surface area contributed by atoms with Crippen LogP contribution in [0.25, 0.3) is 11.0 Å². The van der Waals surface area contributed by atoms with Gasteiger partial charge in [0.15, 0.2) is 0 Å². The van der Waals surface area contributed by atoms with E-state index < -0.39 is 0 Å². The first-order chi connectivity index (χ1) is 15.3. The largest absolute Gasteiger partial charge is 0.324 e. The van der Waals surface area contributed by atoms with E-state index in [2.05, 4.69) is 14.9 Å². The second kappa shape index (κ2) is 9.21. The van der Waals surface area contributed by atoms with Crippen LogP contribution in [0.5, 0.6) is 0 Å². The molecule has 2 fully saturated rings. The van der Waals surface area contributed by atoms with Gasteiger partial charge in [0.25, 0.3) is 5.56 Å². The van der Waals surface area contributed by atoms with E-state index in [0.29, 0.717) is 17.8 Å². The molecule has 0 amide bonds. The number of para-hydroxylation sites is 1. The lowest BCUT2D eigenvalue weighted by Gasteiger charge is -2.39. The molecule has 5 nitrogen and oxygen atoms in total. The fourth-order valence-corrected chi connectivity index (χ4v) is 5.80. The molecule has 0 unspecified atom stereocenters. The van der Waals surface area contributed by atoms with Crippen molar-refractivity contribution in [2.45, 2.75) is 70.3 Å². The molecule has 2 aliphatic carbocycles. The van der Waals surface area contributed by atoms with Crippen LogP contribution in [0.15, 0.2) is 53.5 Å². The van der Waals surface area contributed by atoms with Crippen LogP contribution in [0.4, 0.5) is 11.6 Å². The smallest absolute Gasteiger partial charge is 0.252 e. The highest BCUT2D eigenvalue weighted by Crippen LogP contribution is 2.43. The Balaban J connectivity index is 1.60. The average molecular weight is 417 g/mol. The second-order valence-electron chi connectivity index (χ2n) is 9.29. The molecule has 5 heteroatoms. The Bertz CT molecular complexity index is 1050. The molecule has 2 aromatic heterocycles. The lowest BCUT2D eigenvalue weighted by Crippen LogP contribution is -2.36. The molecular formula is C26H32N4O. The van der Waals surface area contributed by atoms with Crippen LogP contribution in [-0.4, -0.2) is 14.5 Å². The molecule has 0 radical (unpaired) electrons. The summed E-state index contributed by atoms with van der Waals surface area (Å²) >= 11 is 0. The third kappa shape index (κ3) is 4.36. The Hall–Kier alpha value is -2.69. The van der Waals surface area contributed by atoms with Crippen molar-refractivity contribution in [1.82, 2.24) is 14.5 Å². The fourth-order valence-electron chi connectivity index (χ4n) is 5.80. The van der Waals surface area contributed by atoms with Gasteiger partial charge in [-0.2, -0.15) is 4.98 Å². The zero-order valence-corrected chi connectivity index (χ0v) is 18.2. The molecule has 2 heterocycles. The normalized spacial score (nSPS) is 18.5. The van der Waals surface area contributed by atoms with Gasteiger partial charge in [-0.1, -0.05) is 56.7 Å². The Morgan fingerprint density at radius 2 is 1.48 bits per heavy atom. The van der Waals surface area contributed by atoms with E-state index >= 15 is 0 Å². The highest BCUT2D eigenvalue weighted by atomic mass is 16.1. The van der Waals surface area contributed by atoms with Crippen LogP contribution in [0, 0.1) is 11.8 Å². The Morgan fingerprint density at radius 1 is 0.839 bits per heavy atom. The number of rotatable bonds is 5. The van der Waals surface area contributed by atoms with Crippen molar-refractivity contribution in [3.05, 3.63) is 59.0 Å². The van der Waals surface area contributed by atoms with Gasteiger partial charge in [0.05, 0.1) is 0 Å². The van der Waals surface area contributed by atoms with Crippen LogP contribution in [0.2, 0.25) is 0 Å². The summed E-state index contributed by atoms with van der Waals surface area (Å²) in [6, 6.07) is 13.8. The maximum Gasteiger partial charge on any atom is 0.252 e. The summed E-state index contributed by atoms with van der Waals surface area (Å²) in [5.41, 5.74) is 1.81. The van der Waals surface area contributed by atoms with Gasteiger partial charge in [-0.25, -0.2) is 4.98 Å². The van der Waals surface area contributed by atoms with Crippen LogP contribution in [0.3, 0.4) is 0 Å². The van der Waals surface area contributed by atoms with Gasteiger partial charge < -0.3 is 5.32 Å². The maximum atomic E-state index is 13.3. The maximum absolute atomic E-state index is 13.3. The summed E-state index contributed by atoms with van der Waals surface area (Å²) in [6.45, 7) is 0. The molecule has 0 atom stereocenters. The summed E-state index contributed by atoms with van der Waals surface area (Å²) in [5.74, 6) is 1.69. The van der Waals surface area contributed by atoms with Crippen LogP contribution in [-0.2, 0) is 0 Å². The molecule has 1 aromatic carbocycles. The van der Waals surface area contributed by atoms with Gasteiger partial charge in [0.2, 0.25) is 5.95 Å². The number of pyridine rings is 1. The van der Waals surface area contributed by atoms with Crippen molar-refractivity contribution < 1.29 is 0 Å². The Labute approximate surface area is 183 Å². The predicted molar refractivity (Wildman–Crippen MR) is 126 cm³/mol. The zero-order chi connectivity index (χ0) is 21.0. The number of fused-ring (bicyclic) bond motifs is 1. The predicted octanol–water partition coefficient (Wildman–Crippen LogP) is 6.24. The summed E-state index contributed by atoms with van der Waals surface area (Å²) in [6.07, 6.45) is 14.5. The van der Waals surface area contributed by atoms with Crippen molar-refractivity contribution in [2.75, 3.05) is 5.32 Å². The van der Waals surface area contributed by atoms with E-state index in [4.69, 9.17) is 4.98 Å². The summed E-state index contributed by atoms with van der Waals surface area (Å²) < 4.78 is 2.05. The topological polar surface area (TPSA) is 59.8 Å². The summed E-state index contributed by atoms with van der Waals surface area (Å²) in [4.78, 5) is 22.7. The molecule has 3 aromatic rings. The van der Waals surface area contributed by atoms with Crippen LogP contribution >= 0.6 is 0 Å². The van der Waals surface area contributed by atoms with E-state index in [1.807, 2.05) is 42.6 Å². The Morgan fingerprint density at radius 3 is 2.13 bits per heavy atom. The number of benzene rings is 1. The first-order valence-corrected chi connectivity index (χ1v) is 12.0. The quantitative estimate of drug-likeness (QED) is 0.535. The van der Waals surface area contributed by atoms with Crippen molar-refractivity contribution in [2.24, 2.45) is 11.8 Å². The number of hydrogen-bond acceptors (Lipinski definition) is 4. The van der Waals surface area contributed by atoms with Gasteiger partial charge in [-0.05, 0) is 55.7 Å². The Kier molecular flexibility index (Phi) is 6.01. The average Bonchev–Trinajstić information content (AvgIpc) is 2.83. The SMILES string of the molecule is O=c1ccc2cnc(Nc3ccccc3)nc2n1C(C1CCCCC1)C1CCCCC1. The second-order valence-corrected chi connectivity index (χ2v) is 9.29. The lowest BCUT2D eigenvalue weighted by molar-refractivity contribution is 0.149. The number of nitrogens with zero attached hydrogens (tertiary/aromatic N) is 3. The molecule has 31 heavy (non-hydrogen) atoms. The molecular weight excluding hydrogens is 384 g/mol. The standard InChI is InChI=1S/C26H32N4O/c31-23-17-16-21-18-27-26(28-22-14-8-3-9-15-22)29-25(21)30(23)24(19-10-4-1-5-11-19)20-12-6-2-7-13-20/h3,8-9,14-20,24H,1-2,4-7,10-13H2,(H,27,28,29). The third-order valence-electron chi connectivity index (χ3n) is 7.26. The van der Waals surface area contributed by atoms with Crippen molar-refractivity contribution in [3.63, 3.8) is 0 Å². The minimum absolute atomic E-state index is 0.0815. The first-order valence-electron chi connectivity index (χ1n) is 12.0. The molecule has 1 N–H and O–H groups in total. The minimum Gasteiger partial charge on any atom is -0.324 e. The van der Waals surface area contributed by atoms with E-state index in [1.54, 1.807) is 6.07 Å². The highest BCUT2D eigenvalue weighted by Gasteiger charge is 2.34. The fraction of sp³-hybridized carbons (Fsp3) is 0.500. The molecule has 0 spiro atoms. The van der Waals surface area contributed by atoms with Gasteiger partial charge in [-0.3, -0.25) is 9.36 Å².